The molecule has 10 nitrogen and oxygen atoms in total. The van der Waals surface area contributed by atoms with E-state index in [1.165, 1.54) is 30.0 Å². The molecular formula is C23H29ClN4O6S. The molecule has 0 radical (unpaired) electrons. The van der Waals surface area contributed by atoms with Crippen molar-refractivity contribution in [1.29, 1.82) is 0 Å². The van der Waals surface area contributed by atoms with Gasteiger partial charge in [-0.05, 0) is 45.4 Å². The molecule has 35 heavy (non-hydrogen) atoms. The first-order valence-electron chi connectivity index (χ1n) is 10.7. The molecule has 0 spiro atoms. The summed E-state index contributed by atoms with van der Waals surface area (Å²) in [6, 6.07) is 10.8. The fourth-order valence-corrected chi connectivity index (χ4v) is 4.28. The van der Waals surface area contributed by atoms with Gasteiger partial charge in [0, 0.05) is 29.2 Å². The van der Waals surface area contributed by atoms with Crippen LogP contribution in [0.15, 0.2) is 48.5 Å². The summed E-state index contributed by atoms with van der Waals surface area (Å²) in [5, 5.41) is 14.4. The summed E-state index contributed by atoms with van der Waals surface area (Å²) < 4.78 is 25.9. The molecule has 2 amide bonds. The molecule has 0 fully saturated rings. The smallest absolute Gasteiger partial charge is 0.271 e. The largest absolute Gasteiger partial charge is 0.350 e. The van der Waals surface area contributed by atoms with Gasteiger partial charge in [0.15, 0.2) is 0 Å². The van der Waals surface area contributed by atoms with Crippen molar-refractivity contribution in [3.8, 4) is 0 Å². The molecule has 0 saturated heterocycles. The number of rotatable bonds is 9. The number of nitrogens with zero attached hydrogens (tertiary/aromatic N) is 3. The van der Waals surface area contributed by atoms with Gasteiger partial charge in [-0.3, -0.25) is 24.0 Å². The first-order chi connectivity index (χ1) is 16.1. The Hall–Kier alpha value is -3.18. The third kappa shape index (κ3) is 7.93. The predicted octanol–water partition coefficient (Wildman–Crippen LogP) is 3.35. The van der Waals surface area contributed by atoms with E-state index in [2.05, 4.69) is 5.32 Å². The van der Waals surface area contributed by atoms with E-state index in [-0.39, 0.29) is 17.9 Å². The maximum Gasteiger partial charge on any atom is 0.271 e. The van der Waals surface area contributed by atoms with Gasteiger partial charge in [0.05, 0.1) is 16.9 Å². The fourth-order valence-electron chi connectivity index (χ4n) is 3.24. The van der Waals surface area contributed by atoms with Crippen molar-refractivity contribution in [2.45, 2.75) is 45.8 Å². The summed E-state index contributed by atoms with van der Waals surface area (Å²) in [5.41, 5.74) is -0.361. The van der Waals surface area contributed by atoms with Crippen LogP contribution in [0.3, 0.4) is 0 Å². The highest BCUT2D eigenvalue weighted by Gasteiger charge is 2.32. The molecule has 2 aromatic carbocycles. The Morgan fingerprint density at radius 1 is 1.14 bits per heavy atom. The van der Waals surface area contributed by atoms with Crippen molar-refractivity contribution >= 4 is 44.8 Å². The Labute approximate surface area is 210 Å². The number of carbonyl (C=O) groups is 2. The van der Waals surface area contributed by atoms with Gasteiger partial charge in [-0.15, -0.1) is 0 Å². The van der Waals surface area contributed by atoms with E-state index >= 15 is 0 Å². The molecule has 0 aliphatic carbocycles. The second-order valence-electron chi connectivity index (χ2n) is 9.07. The maximum absolute atomic E-state index is 13.5. The first kappa shape index (κ1) is 28.1. The molecule has 0 unspecified atom stereocenters. The second-order valence-corrected chi connectivity index (χ2v) is 11.4. The minimum atomic E-state index is -4.01. The molecule has 1 N–H and O–H groups in total. The van der Waals surface area contributed by atoms with Gasteiger partial charge in [0.1, 0.15) is 12.6 Å². The molecule has 0 saturated carbocycles. The second kappa shape index (κ2) is 11.0. The molecular weight excluding hydrogens is 496 g/mol. The normalized spacial score (nSPS) is 12.5. The van der Waals surface area contributed by atoms with Crippen LogP contribution in [0.4, 0.5) is 11.4 Å². The highest BCUT2D eigenvalue weighted by atomic mass is 35.5. The third-order valence-corrected chi connectivity index (χ3v) is 6.48. The highest BCUT2D eigenvalue weighted by molar-refractivity contribution is 7.92. The quantitative estimate of drug-likeness (QED) is 0.395. The van der Waals surface area contributed by atoms with Crippen LogP contribution >= 0.6 is 11.6 Å². The van der Waals surface area contributed by atoms with E-state index in [9.17, 15) is 28.1 Å². The number of nitro benzene ring substituents is 1. The average molecular weight is 525 g/mol. The molecule has 0 heterocycles. The molecule has 2 aromatic rings. The standard InChI is InChI=1S/C23H29ClN4O6S/c1-16(22(30)25-23(2,3)4)26(14-17-9-6-7-12-20(17)24)21(29)15-27(35(5,33)34)18-10-8-11-19(13-18)28(31)32/h6-13,16H,14-15H2,1-5H3,(H,25,30)/t16-/m0/s1. The number of nitrogens with one attached hydrogen (secondary N) is 1. The Kier molecular flexibility index (Phi) is 8.85. The van der Waals surface area contributed by atoms with E-state index < -0.39 is 44.9 Å². The summed E-state index contributed by atoms with van der Waals surface area (Å²) in [5.74, 6) is -1.11. The summed E-state index contributed by atoms with van der Waals surface area (Å²) in [7, 11) is -4.01. The number of nitro groups is 1. The number of carbonyl (C=O) groups excluding carboxylic acids is 2. The van der Waals surface area contributed by atoms with Crippen molar-refractivity contribution in [3.05, 3.63) is 69.2 Å². The van der Waals surface area contributed by atoms with E-state index in [0.29, 0.717) is 10.6 Å². The van der Waals surface area contributed by atoms with Gasteiger partial charge in [-0.1, -0.05) is 35.9 Å². The molecule has 0 aromatic heterocycles. The van der Waals surface area contributed by atoms with Crippen LogP contribution in [0.1, 0.15) is 33.3 Å². The number of sulfonamides is 1. The van der Waals surface area contributed by atoms with Crippen LogP contribution < -0.4 is 9.62 Å². The number of hydrogen-bond acceptors (Lipinski definition) is 6. The molecule has 0 aliphatic heterocycles. The Balaban J connectivity index is 2.46. The average Bonchev–Trinajstić information content (AvgIpc) is 2.74. The first-order valence-corrected chi connectivity index (χ1v) is 12.9. The summed E-state index contributed by atoms with van der Waals surface area (Å²) in [4.78, 5) is 38.1. The number of anilines is 1. The predicted molar refractivity (Wildman–Crippen MR) is 135 cm³/mol. The van der Waals surface area contributed by atoms with Gasteiger partial charge in [0.2, 0.25) is 21.8 Å². The molecule has 2 rings (SSSR count). The number of benzene rings is 2. The lowest BCUT2D eigenvalue weighted by Gasteiger charge is -2.33. The Bertz CT molecular complexity index is 1210. The number of non-ortho nitro benzene ring substituents is 1. The van der Waals surface area contributed by atoms with Crippen molar-refractivity contribution in [2.75, 3.05) is 17.1 Å². The number of amides is 2. The van der Waals surface area contributed by atoms with E-state index in [0.717, 1.165) is 16.6 Å². The lowest BCUT2D eigenvalue weighted by molar-refractivity contribution is -0.384. The van der Waals surface area contributed by atoms with Crippen LogP contribution in [0, 0.1) is 10.1 Å². The maximum atomic E-state index is 13.5. The van der Waals surface area contributed by atoms with Crippen LogP contribution in [-0.4, -0.2) is 54.4 Å². The molecule has 1 atom stereocenters. The van der Waals surface area contributed by atoms with Gasteiger partial charge in [-0.2, -0.15) is 0 Å². The minimum absolute atomic E-state index is 0.0421. The van der Waals surface area contributed by atoms with Gasteiger partial charge < -0.3 is 10.2 Å². The molecule has 0 aliphatic rings. The van der Waals surface area contributed by atoms with Crippen LogP contribution in [0.2, 0.25) is 5.02 Å². The SMILES string of the molecule is C[C@@H](C(=O)NC(C)(C)C)N(Cc1ccccc1Cl)C(=O)CN(c1cccc([N+](=O)[O-])c1)S(C)(=O)=O. The summed E-state index contributed by atoms with van der Waals surface area (Å²) in [6.07, 6.45) is 0.896. The summed E-state index contributed by atoms with van der Waals surface area (Å²) in [6.45, 7) is 6.21. The lowest BCUT2D eigenvalue weighted by atomic mass is 10.1. The summed E-state index contributed by atoms with van der Waals surface area (Å²) >= 11 is 6.28. The minimum Gasteiger partial charge on any atom is -0.350 e. The van der Waals surface area contributed by atoms with Crippen LogP contribution in [-0.2, 0) is 26.2 Å². The van der Waals surface area contributed by atoms with Crippen molar-refractivity contribution in [1.82, 2.24) is 10.2 Å². The number of halogens is 1. The van der Waals surface area contributed by atoms with Crippen molar-refractivity contribution < 1.29 is 22.9 Å². The topological polar surface area (TPSA) is 130 Å². The lowest BCUT2D eigenvalue weighted by Crippen LogP contribution is -2.54. The van der Waals surface area contributed by atoms with Gasteiger partial charge in [-0.25, -0.2) is 8.42 Å². The number of hydrogen-bond donors (Lipinski definition) is 1. The van der Waals surface area contributed by atoms with Crippen molar-refractivity contribution in [2.24, 2.45) is 0 Å². The third-order valence-electron chi connectivity index (χ3n) is 4.97. The van der Waals surface area contributed by atoms with E-state index in [1.54, 1.807) is 45.0 Å². The zero-order chi connectivity index (χ0) is 26.6. The Morgan fingerprint density at radius 3 is 2.31 bits per heavy atom. The van der Waals surface area contributed by atoms with Gasteiger partial charge >= 0.3 is 0 Å². The van der Waals surface area contributed by atoms with E-state index in [1.807, 2.05) is 0 Å². The molecule has 190 valence electrons. The zero-order valence-electron chi connectivity index (χ0n) is 20.2. The van der Waals surface area contributed by atoms with Crippen molar-refractivity contribution in [3.63, 3.8) is 0 Å². The fraction of sp³-hybridized carbons (Fsp3) is 0.391. The zero-order valence-corrected chi connectivity index (χ0v) is 21.8. The van der Waals surface area contributed by atoms with Crippen LogP contribution in [0.5, 0.6) is 0 Å². The van der Waals surface area contributed by atoms with E-state index in [4.69, 9.17) is 11.6 Å². The molecule has 12 heteroatoms. The molecule has 0 bridgehead atoms. The van der Waals surface area contributed by atoms with Gasteiger partial charge in [0.25, 0.3) is 5.69 Å². The van der Waals surface area contributed by atoms with Crippen LogP contribution in [0.25, 0.3) is 0 Å². The highest BCUT2D eigenvalue weighted by Crippen LogP contribution is 2.24. The monoisotopic (exact) mass is 524 g/mol. The Morgan fingerprint density at radius 2 is 1.77 bits per heavy atom.